The van der Waals surface area contributed by atoms with Gasteiger partial charge in [-0.05, 0) is 17.7 Å². The topological polar surface area (TPSA) is 57.8 Å². The van der Waals surface area contributed by atoms with Gasteiger partial charge in [-0.2, -0.15) is 0 Å². The van der Waals surface area contributed by atoms with Crippen molar-refractivity contribution in [1.82, 2.24) is 9.88 Å². The molecule has 134 valence electrons. The maximum Gasteiger partial charge on any atom is 0.191 e. The first-order valence-electron chi connectivity index (χ1n) is 8.41. The molecular formula is C18H24BrN5S. The quantitative estimate of drug-likeness (QED) is 0.607. The van der Waals surface area contributed by atoms with Crippen LogP contribution in [0.3, 0.4) is 0 Å². The van der Waals surface area contributed by atoms with E-state index in [-0.39, 0.29) is 5.41 Å². The monoisotopic (exact) mass is 421 g/mol. The molecule has 1 aliphatic rings. The van der Waals surface area contributed by atoms with E-state index in [1.54, 1.807) is 11.3 Å². The largest absolute Gasteiger partial charge is 0.370 e. The Labute approximate surface area is 161 Å². The minimum absolute atomic E-state index is 0.0476. The van der Waals surface area contributed by atoms with Crippen LogP contribution in [-0.2, 0) is 5.41 Å². The molecule has 0 saturated carbocycles. The lowest BCUT2D eigenvalue weighted by Gasteiger charge is -2.35. The molecule has 2 N–H and O–H groups in total. The van der Waals surface area contributed by atoms with Crippen molar-refractivity contribution in [3.05, 3.63) is 45.9 Å². The van der Waals surface area contributed by atoms with E-state index in [4.69, 9.17) is 5.73 Å². The molecule has 2 aromatic rings. The van der Waals surface area contributed by atoms with E-state index in [1.807, 2.05) is 11.6 Å². The van der Waals surface area contributed by atoms with E-state index in [0.29, 0.717) is 12.5 Å². The Hall–Kier alpha value is -1.60. The van der Waals surface area contributed by atoms with E-state index in [9.17, 15) is 0 Å². The predicted molar refractivity (Wildman–Crippen MR) is 110 cm³/mol. The van der Waals surface area contributed by atoms with Gasteiger partial charge in [-0.15, -0.1) is 11.3 Å². The zero-order valence-electron chi connectivity index (χ0n) is 14.7. The van der Waals surface area contributed by atoms with Gasteiger partial charge < -0.3 is 15.5 Å². The molecule has 1 fully saturated rings. The molecule has 3 rings (SSSR count). The van der Waals surface area contributed by atoms with Crippen molar-refractivity contribution in [2.24, 2.45) is 10.7 Å². The number of rotatable bonds is 4. The van der Waals surface area contributed by atoms with Crippen molar-refractivity contribution in [1.29, 1.82) is 0 Å². The minimum Gasteiger partial charge on any atom is -0.370 e. The maximum atomic E-state index is 6.26. The molecule has 1 aromatic carbocycles. The van der Waals surface area contributed by atoms with Crippen molar-refractivity contribution in [3.63, 3.8) is 0 Å². The highest BCUT2D eigenvalue weighted by Gasteiger charge is 2.23. The van der Waals surface area contributed by atoms with Gasteiger partial charge in [0.15, 0.2) is 11.1 Å². The normalized spacial score (nSPS) is 16.4. The summed E-state index contributed by atoms with van der Waals surface area (Å²) in [7, 11) is 0. The molecule has 5 nitrogen and oxygen atoms in total. The van der Waals surface area contributed by atoms with E-state index in [1.165, 1.54) is 5.56 Å². The molecule has 1 saturated heterocycles. The summed E-state index contributed by atoms with van der Waals surface area (Å²) in [6.07, 6.45) is 1.85. The Balaban J connectivity index is 1.57. The number of nitrogens with two attached hydrogens (primary N) is 1. The summed E-state index contributed by atoms with van der Waals surface area (Å²) in [5, 5.41) is 3.10. The third-order valence-corrected chi connectivity index (χ3v) is 5.92. The number of halogens is 1. The fourth-order valence-electron chi connectivity index (χ4n) is 2.87. The van der Waals surface area contributed by atoms with E-state index >= 15 is 0 Å². The Morgan fingerprint density at radius 1 is 1.24 bits per heavy atom. The SMILES string of the molecule is CC(C)(CN=C(N)N1CCN(c2nccs2)CC1)c1ccc(Br)cc1. The summed E-state index contributed by atoms with van der Waals surface area (Å²) >= 11 is 5.17. The highest BCUT2D eigenvalue weighted by atomic mass is 79.9. The molecule has 1 aromatic heterocycles. The van der Waals surface area contributed by atoms with Gasteiger partial charge in [0, 0.05) is 47.6 Å². The van der Waals surface area contributed by atoms with Crippen LogP contribution in [-0.4, -0.2) is 48.6 Å². The lowest BCUT2D eigenvalue weighted by Crippen LogP contribution is -2.51. The molecule has 1 aliphatic heterocycles. The number of piperazine rings is 1. The standard InChI is InChI=1S/C18H24BrN5S/c1-18(2,14-3-5-15(19)6-4-14)13-22-16(20)23-8-10-24(11-9-23)17-21-7-12-25-17/h3-7,12H,8-11,13H2,1-2H3,(H2,20,22). The van der Waals surface area contributed by atoms with Gasteiger partial charge >= 0.3 is 0 Å². The Kier molecular flexibility index (Phi) is 5.64. The van der Waals surface area contributed by atoms with Crippen molar-refractivity contribution >= 4 is 38.4 Å². The second-order valence-corrected chi connectivity index (χ2v) is 8.64. The molecule has 0 atom stereocenters. The van der Waals surface area contributed by atoms with Crippen LogP contribution in [0.25, 0.3) is 0 Å². The summed E-state index contributed by atoms with van der Waals surface area (Å²) in [5.74, 6) is 0.643. The van der Waals surface area contributed by atoms with Crippen molar-refractivity contribution in [3.8, 4) is 0 Å². The van der Waals surface area contributed by atoms with Gasteiger partial charge in [0.2, 0.25) is 0 Å². The molecule has 25 heavy (non-hydrogen) atoms. The molecule has 0 spiro atoms. The molecule has 7 heteroatoms. The fourth-order valence-corrected chi connectivity index (χ4v) is 3.83. The molecular weight excluding hydrogens is 398 g/mol. The summed E-state index contributed by atoms with van der Waals surface area (Å²) in [6.45, 7) is 8.70. The van der Waals surface area contributed by atoms with Crippen molar-refractivity contribution < 1.29 is 0 Å². The first-order chi connectivity index (χ1) is 12.0. The number of thiazole rings is 1. The van der Waals surface area contributed by atoms with Crippen LogP contribution in [0.15, 0.2) is 45.3 Å². The maximum absolute atomic E-state index is 6.26. The highest BCUT2D eigenvalue weighted by molar-refractivity contribution is 9.10. The molecule has 0 radical (unpaired) electrons. The Morgan fingerprint density at radius 2 is 1.92 bits per heavy atom. The zero-order chi connectivity index (χ0) is 17.9. The molecule has 0 aliphatic carbocycles. The number of nitrogens with zero attached hydrogens (tertiary/aromatic N) is 4. The third-order valence-electron chi connectivity index (χ3n) is 4.56. The predicted octanol–water partition coefficient (Wildman–Crippen LogP) is 3.32. The van der Waals surface area contributed by atoms with Crippen LogP contribution in [0.4, 0.5) is 5.13 Å². The fraction of sp³-hybridized carbons (Fsp3) is 0.444. The van der Waals surface area contributed by atoms with Crippen LogP contribution in [0.2, 0.25) is 0 Å². The van der Waals surface area contributed by atoms with E-state index in [0.717, 1.165) is 35.8 Å². The summed E-state index contributed by atoms with van der Waals surface area (Å²) < 4.78 is 1.09. The van der Waals surface area contributed by atoms with E-state index in [2.05, 4.69) is 73.8 Å². The number of hydrogen-bond acceptors (Lipinski definition) is 4. The number of anilines is 1. The Morgan fingerprint density at radius 3 is 2.52 bits per heavy atom. The Bertz CT molecular complexity index is 704. The van der Waals surface area contributed by atoms with Crippen LogP contribution < -0.4 is 10.6 Å². The molecule has 0 bridgehead atoms. The summed E-state index contributed by atoms with van der Waals surface area (Å²) in [6, 6.07) is 8.43. The number of hydrogen-bond donors (Lipinski definition) is 1. The zero-order valence-corrected chi connectivity index (χ0v) is 17.1. The van der Waals surface area contributed by atoms with Crippen LogP contribution >= 0.6 is 27.3 Å². The molecule has 2 heterocycles. The second-order valence-electron chi connectivity index (χ2n) is 6.85. The first kappa shape index (κ1) is 18.2. The van der Waals surface area contributed by atoms with Gasteiger partial charge in [-0.25, -0.2) is 4.98 Å². The van der Waals surface area contributed by atoms with Crippen LogP contribution in [0.1, 0.15) is 19.4 Å². The van der Waals surface area contributed by atoms with Crippen molar-refractivity contribution in [2.75, 3.05) is 37.6 Å². The lowest BCUT2D eigenvalue weighted by atomic mass is 9.85. The smallest absolute Gasteiger partial charge is 0.191 e. The van der Waals surface area contributed by atoms with Crippen molar-refractivity contribution in [2.45, 2.75) is 19.3 Å². The average Bonchev–Trinajstić information content (AvgIpc) is 3.15. The number of guanidine groups is 1. The molecule has 0 amide bonds. The second kappa shape index (κ2) is 7.74. The summed E-state index contributed by atoms with van der Waals surface area (Å²) in [4.78, 5) is 13.5. The van der Waals surface area contributed by atoms with Gasteiger partial charge in [-0.1, -0.05) is 41.9 Å². The highest BCUT2D eigenvalue weighted by Crippen LogP contribution is 2.25. The summed E-state index contributed by atoms with van der Waals surface area (Å²) in [5.41, 5.74) is 7.48. The minimum atomic E-state index is -0.0476. The van der Waals surface area contributed by atoms with Gasteiger partial charge in [0.1, 0.15) is 0 Å². The lowest BCUT2D eigenvalue weighted by molar-refractivity contribution is 0.378. The van der Waals surface area contributed by atoms with Gasteiger partial charge in [-0.3, -0.25) is 4.99 Å². The number of aromatic nitrogens is 1. The van der Waals surface area contributed by atoms with E-state index < -0.39 is 0 Å². The number of benzene rings is 1. The van der Waals surface area contributed by atoms with Crippen LogP contribution in [0, 0.1) is 0 Å². The van der Waals surface area contributed by atoms with Gasteiger partial charge in [0.25, 0.3) is 0 Å². The molecule has 0 unspecified atom stereocenters. The van der Waals surface area contributed by atoms with Crippen LogP contribution in [0.5, 0.6) is 0 Å². The third kappa shape index (κ3) is 4.52. The number of aliphatic imine (C=N–C) groups is 1. The van der Waals surface area contributed by atoms with Gasteiger partial charge in [0.05, 0.1) is 6.54 Å². The first-order valence-corrected chi connectivity index (χ1v) is 10.1. The average molecular weight is 422 g/mol.